The fraction of sp³-hybridized carbons (Fsp3) is 0.350. The van der Waals surface area contributed by atoms with Gasteiger partial charge in [-0.15, -0.1) is 0 Å². The van der Waals surface area contributed by atoms with Crippen LogP contribution in [0.5, 0.6) is 11.5 Å². The second kappa shape index (κ2) is 9.56. The van der Waals surface area contributed by atoms with Gasteiger partial charge in [-0.3, -0.25) is 14.9 Å². The van der Waals surface area contributed by atoms with Crippen molar-refractivity contribution in [3.05, 3.63) is 64.2 Å². The third-order valence-corrected chi connectivity index (χ3v) is 4.32. The molecule has 0 aliphatic heterocycles. The number of benzene rings is 2. The summed E-state index contributed by atoms with van der Waals surface area (Å²) in [6, 6.07) is 14.0. The lowest BCUT2D eigenvalue weighted by Crippen LogP contribution is -2.38. The van der Waals surface area contributed by atoms with Gasteiger partial charge in [0.15, 0.2) is 17.6 Å². The van der Waals surface area contributed by atoms with Crippen molar-refractivity contribution in [3.8, 4) is 11.5 Å². The molecule has 0 spiro atoms. The van der Waals surface area contributed by atoms with Gasteiger partial charge >= 0.3 is 0 Å². The van der Waals surface area contributed by atoms with E-state index < -0.39 is 11.0 Å². The highest BCUT2D eigenvalue weighted by atomic mass is 16.6. The Hall–Kier alpha value is -3.09. The van der Waals surface area contributed by atoms with Gasteiger partial charge in [-0.25, -0.2) is 0 Å². The van der Waals surface area contributed by atoms with Crippen LogP contribution in [0.25, 0.3) is 0 Å². The van der Waals surface area contributed by atoms with E-state index in [4.69, 9.17) is 9.47 Å². The SMILES string of the molecule is CC[C@H](CNC(=O)[C@H](C)Oc1cc([N+](=O)[O-])ccc1OC)c1ccccc1. The average molecular weight is 372 g/mol. The molecule has 144 valence electrons. The summed E-state index contributed by atoms with van der Waals surface area (Å²) in [5.74, 6) is 0.396. The number of nitrogens with zero attached hydrogens (tertiary/aromatic N) is 1. The number of ether oxygens (including phenoxy) is 2. The van der Waals surface area contributed by atoms with Crippen LogP contribution in [0.4, 0.5) is 5.69 Å². The van der Waals surface area contributed by atoms with Crippen molar-refractivity contribution in [2.75, 3.05) is 13.7 Å². The van der Waals surface area contributed by atoms with Crippen molar-refractivity contribution in [2.45, 2.75) is 32.3 Å². The maximum Gasteiger partial charge on any atom is 0.273 e. The fourth-order valence-corrected chi connectivity index (χ4v) is 2.71. The van der Waals surface area contributed by atoms with E-state index >= 15 is 0 Å². The van der Waals surface area contributed by atoms with E-state index in [1.54, 1.807) is 6.92 Å². The van der Waals surface area contributed by atoms with Crippen LogP contribution in [-0.2, 0) is 4.79 Å². The number of carbonyl (C=O) groups is 1. The van der Waals surface area contributed by atoms with Gasteiger partial charge < -0.3 is 14.8 Å². The van der Waals surface area contributed by atoms with E-state index in [1.807, 2.05) is 30.3 Å². The van der Waals surface area contributed by atoms with Gasteiger partial charge in [0.2, 0.25) is 0 Å². The summed E-state index contributed by atoms with van der Waals surface area (Å²) in [7, 11) is 1.43. The minimum atomic E-state index is -0.825. The van der Waals surface area contributed by atoms with E-state index in [9.17, 15) is 14.9 Å². The predicted octanol–water partition coefficient (Wildman–Crippen LogP) is 3.68. The van der Waals surface area contributed by atoms with Gasteiger partial charge in [0.25, 0.3) is 11.6 Å². The van der Waals surface area contributed by atoms with Crippen LogP contribution < -0.4 is 14.8 Å². The van der Waals surface area contributed by atoms with Gasteiger partial charge in [0.05, 0.1) is 18.1 Å². The standard InChI is InChI=1S/C20H24N2O5/c1-4-15(16-8-6-5-7-9-16)13-21-20(23)14(2)27-19-12-17(22(24)25)10-11-18(19)26-3/h5-12,14-15H,4,13H2,1-3H3,(H,21,23)/t14-,15+/m0/s1. The number of nitro benzene ring substituents is 1. The first-order valence-corrected chi connectivity index (χ1v) is 8.78. The molecule has 0 bridgehead atoms. The van der Waals surface area contributed by atoms with Crippen LogP contribution in [0.3, 0.4) is 0 Å². The molecule has 7 heteroatoms. The summed E-state index contributed by atoms with van der Waals surface area (Å²) < 4.78 is 10.8. The molecule has 27 heavy (non-hydrogen) atoms. The molecule has 2 atom stereocenters. The Labute approximate surface area is 158 Å². The zero-order chi connectivity index (χ0) is 19.8. The maximum atomic E-state index is 12.4. The first-order valence-electron chi connectivity index (χ1n) is 8.78. The van der Waals surface area contributed by atoms with Crippen LogP contribution in [0, 0.1) is 10.1 Å². The number of methoxy groups -OCH3 is 1. The molecule has 1 amide bonds. The van der Waals surface area contributed by atoms with Crippen molar-refractivity contribution in [3.63, 3.8) is 0 Å². The topological polar surface area (TPSA) is 90.7 Å². The second-order valence-corrected chi connectivity index (χ2v) is 6.11. The third kappa shape index (κ3) is 5.44. The Bertz CT molecular complexity index is 779. The van der Waals surface area contributed by atoms with Crippen molar-refractivity contribution in [2.24, 2.45) is 0 Å². The van der Waals surface area contributed by atoms with E-state index in [1.165, 1.54) is 25.3 Å². The van der Waals surface area contributed by atoms with Gasteiger partial charge in [0.1, 0.15) is 0 Å². The monoisotopic (exact) mass is 372 g/mol. The van der Waals surface area contributed by atoms with E-state index in [-0.39, 0.29) is 23.3 Å². The molecule has 0 saturated heterocycles. The Morgan fingerprint density at radius 2 is 1.89 bits per heavy atom. The Morgan fingerprint density at radius 1 is 1.19 bits per heavy atom. The Kier molecular flexibility index (Phi) is 7.16. The molecule has 0 aromatic heterocycles. The molecule has 2 rings (SSSR count). The highest BCUT2D eigenvalue weighted by Gasteiger charge is 2.20. The largest absolute Gasteiger partial charge is 0.493 e. The Balaban J connectivity index is 2.01. The number of amides is 1. The molecule has 2 aromatic carbocycles. The molecule has 0 saturated carbocycles. The van der Waals surface area contributed by atoms with Crippen LogP contribution in [0.15, 0.2) is 48.5 Å². The zero-order valence-corrected chi connectivity index (χ0v) is 15.7. The molecular weight excluding hydrogens is 348 g/mol. The van der Waals surface area contributed by atoms with Gasteiger partial charge in [0, 0.05) is 18.5 Å². The highest BCUT2D eigenvalue weighted by molar-refractivity contribution is 5.80. The predicted molar refractivity (Wildman–Crippen MR) is 102 cm³/mol. The molecule has 0 unspecified atom stereocenters. The van der Waals surface area contributed by atoms with Gasteiger partial charge in [-0.05, 0) is 25.0 Å². The minimum Gasteiger partial charge on any atom is -0.493 e. The fourth-order valence-electron chi connectivity index (χ4n) is 2.71. The van der Waals surface area contributed by atoms with Crippen LogP contribution in [0.1, 0.15) is 31.7 Å². The number of rotatable bonds is 9. The minimum absolute atomic E-state index is 0.131. The summed E-state index contributed by atoms with van der Waals surface area (Å²) in [5, 5.41) is 13.8. The van der Waals surface area contributed by atoms with Crippen LogP contribution in [-0.4, -0.2) is 30.6 Å². The lowest BCUT2D eigenvalue weighted by Gasteiger charge is -2.19. The normalized spacial score (nSPS) is 12.7. The number of nitro groups is 1. The number of carbonyl (C=O) groups excluding carboxylic acids is 1. The first-order chi connectivity index (χ1) is 13.0. The molecule has 1 N–H and O–H groups in total. The van der Waals surface area contributed by atoms with Crippen LogP contribution in [0.2, 0.25) is 0 Å². The molecule has 7 nitrogen and oxygen atoms in total. The lowest BCUT2D eigenvalue weighted by molar-refractivity contribution is -0.385. The molecule has 0 aliphatic rings. The molecule has 0 aliphatic carbocycles. The zero-order valence-electron chi connectivity index (χ0n) is 15.7. The van der Waals surface area contributed by atoms with Gasteiger partial charge in [-0.2, -0.15) is 0 Å². The molecule has 2 aromatic rings. The molecule has 0 radical (unpaired) electrons. The quantitative estimate of drug-likeness (QED) is 0.536. The summed E-state index contributed by atoms with van der Waals surface area (Å²) in [4.78, 5) is 22.8. The summed E-state index contributed by atoms with van der Waals surface area (Å²) in [6.45, 7) is 4.15. The maximum absolute atomic E-state index is 12.4. The summed E-state index contributed by atoms with van der Waals surface area (Å²) in [5.41, 5.74) is 1.03. The molecular formula is C20H24N2O5. The summed E-state index contributed by atoms with van der Waals surface area (Å²) >= 11 is 0. The average Bonchev–Trinajstić information content (AvgIpc) is 2.68. The van der Waals surface area contributed by atoms with Crippen molar-refractivity contribution < 1.29 is 19.2 Å². The van der Waals surface area contributed by atoms with Gasteiger partial charge in [-0.1, -0.05) is 37.3 Å². The van der Waals surface area contributed by atoms with Crippen molar-refractivity contribution in [1.82, 2.24) is 5.32 Å². The smallest absolute Gasteiger partial charge is 0.273 e. The van der Waals surface area contributed by atoms with Crippen molar-refractivity contribution in [1.29, 1.82) is 0 Å². The number of hydrogen-bond donors (Lipinski definition) is 1. The van der Waals surface area contributed by atoms with Crippen molar-refractivity contribution >= 4 is 11.6 Å². The second-order valence-electron chi connectivity index (χ2n) is 6.11. The number of non-ortho nitro benzene ring substituents is 1. The van der Waals surface area contributed by atoms with E-state index in [2.05, 4.69) is 12.2 Å². The third-order valence-electron chi connectivity index (χ3n) is 4.32. The lowest BCUT2D eigenvalue weighted by atomic mass is 9.96. The molecule has 0 fully saturated rings. The first kappa shape index (κ1) is 20.2. The molecule has 0 heterocycles. The number of nitrogens with one attached hydrogen (secondary N) is 1. The summed E-state index contributed by atoms with van der Waals surface area (Å²) in [6.07, 6.45) is 0.0623. The Morgan fingerprint density at radius 3 is 2.48 bits per heavy atom. The number of hydrogen-bond acceptors (Lipinski definition) is 5. The van der Waals surface area contributed by atoms with E-state index in [0.717, 1.165) is 12.0 Å². The van der Waals surface area contributed by atoms with Crippen LogP contribution >= 0.6 is 0 Å². The van der Waals surface area contributed by atoms with E-state index in [0.29, 0.717) is 12.3 Å². The highest BCUT2D eigenvalue weighted by Crippen LogP contribution is 2.32.